The van der Waals surface area contributed by atoms with Gasteiger partial charge in [0.2, 0.25) is 5.82 Å². The number of ether oxygens (including phenoxy) is 2. The average Bonchev–Trinajstić information content (AvgIpc) is 3.18. The predicted molar refractivity (Wildman–Crippen MR) is 114 cm³/mol. The van der Waals surface area contributed by atoms with Crippen molar-refractivity contribution in [3.8, 4) is 11.5 Å². The van der Waals surface area contributed by atoms with E-state index in [2.05, 4.69) is 25.6 Å². The summed E-state index contributed by atoms with van der Waals surface area (Å²) in [5, 5.41) is 10.9. The van der Waals surface area contributed by atoms with Crippen molar-refractivity contribution in [2.24, 2.45) is 0 Å². The number of H-pyrrole nitrogens is 1. The number of aromatic amines is 1. The van der Waals surface area contributed by atoms with Gasteiger partial charge in [-0.3, -0.25) is 9.59 Å². The smallest absolute Gasteiger partial charge is 0.291 e. The van der Waals surface area contributed by atoms with Crippen LogP contribution >= 0.6 is 11.6 Å². The molecule has 0 radical (unpaired) electrons. The number of nitrogens with one attached hydrogen (secondary N) is 2. The molecule has 0 fully saturated rings. The molecule has 0 aliphatic rings. The van der Waals surface area contributed by atoms with Crippen LogP contribution in [-0.2, 0) is 6.54 Å². The number of benzene rings is 2. The monoisotopic (exact) mass is 440 g/mol. The molecular weight excluding hydrogens is 424 g/mol. The lowest BCUT2D eigenvalue weighted by molar-refractivity contribution is 0.101. The van der Waals surface area contributed by atoms with Crippen LogP contribution in [0.2, 0.25) is 5.02 Å². The van der Waals surface area contributed by atoms with Crippen molar-refractivity contribution < 1.29 is 14.3 Å². The molecule has 10 nitrogen and oxygen atoms in total. The Morgan fingerprint density at radius 3 is 2.52 bits per heavy atom. The van der Waals surface area contributed by atoms with E-state index >= 15 is 0 Å². The summed E-state index contributed by atoms with van der Waals surface area (Å²) in [6.07, 6.45) is 0. The van der Waals surface area contributed by atoms with Crippen molar-refractivity contribution in [2.45, 2.75) is 6.54 Å². The number of carbonyl (C=O) groups excluding carboxylic acids is 1. The molecule has 0 bridgehead atoms. The van der Waals surface area contributed by atoms with Gasteiger partial charge in [0.15, 0.2) is 11.2 Å². The number of hydrogen-bond acceptors (Lipinski definition) is 7. The van der Waals surface area contributed by atoms with E-state index < -0.39 is 11.5 Å². The van der Waals surface area contributed by atoms with Crippen molar-refractivity contribution in [3.63, 3.8) is 0 Å². The molecule has 4 rings (SSSR count). The highest BCUT2D eigenvalue weighted by Gasteiger charge is 2.19. The van der Waals surface area contributed by atoms with Crippen LogP contribution in [0.1, 0.15) is 16.2 Å². The van der Waals surface area contributed by atoms with Gasteiger partial charge < -0.3 is 19.8 Å². The summed E-state index contributed by atoms with van der Waals surface area (Å²) in [5.74, 6) is 0.316. The Hall–Kier alpha value is -3.92. The Labute approximate surface area is 180 Å². The highest BCUT2D eigenvalue weighted by molar-refractivity contribution is 6.33. The number of hydrogen-bond donors (Lipinski definition) is 2. The molecule has 2 heterocycles. The molecule has 0 atom stereocenters. The van der Waals surface area contributed by atoms with E-state index in [1.54, 1.807) is 42.5 Å². The average molecular weight is 441 g/mol. The minimum Gasteiger partial charge on any atom is -0.496 e. The van der Waals surface area contributed by atoms with E-state index in [1.807, 2.05) is 0 Å². The summed E-state index contributed by atoms with van der Waals surface area (Å²) in [4.78, 5) is 31.8. The third-order valence-electron chi connectivity index (χ3n) is 4.55. The first kappa shape index (κ1) is 20.4. The van der Waals surface area contributed by atoms with Gasteiger partial charge in [-0.15, -0.1) is 5.10 Å². The highest BCUT2D eigenvalue weighted by Crippen LogP contribution is 2.29. The van der Waals surface area contributed by atoms with Crippen LogP contribution in [0.25, 0.3) is 11.2 Å². The van der Waals surface area contributed by atoms with E-state index in [-0.39, 0.29) is 23.5 Å². The summed E-state index contributed by atoms with van der Waals surface area (Å²) in [6, 6.07) is 12.1. The number of rotatable bonds is 6. The number of methoxy groups -OCH3 is 2. The fourth-order valence-corrected chi connectivity index (χ4v) is 3.24. The predicted octanol–water partition coefficient (Wildman–Crippen LogP) is 2.49. The highest BCUT2D eigenvalue weighted by atomic mass is 35.5. The van der Waals surface area contributed by atoms with Gasteiger partial charge in [-0.2, -0.15) is 0 Å². The van der Waals surface area contributed by atoms with Gasteiger partial charge in [-0.25, -0.2) is 9.67 Å². The van der Waals surface area contributed by atoms with Crippen LogP contribution in [-0.4, -0.2) is 45.1 Å². The quantitative estimate of drug-likeness (QED) is 0.472. The zero-order valence-corrected chi connectivity index (χ0v) is 17.3. The van der Waals surface area contributed by atoms with E-state index in [4.69, 9.17) is 21.1 Å². The first-order valence-electron chi connectivity index (χ1n) is 9.11. The van der Waals surface area contributed by atoms with Crippen LogP contribution < -0.4 is 20.3 Å². The number of fused-ring (bicyclic) bond motifs is 1. The number of amides is 1. The van der Waals surface area contributed by atoms with E-state index in [9.17, 15) is 9.59 Å². The first-order valence-corrected chi connectivity index (χ1v) is 9.49. The van der Waals surface area contributed by atoms with Crippen molar-refractivity contribution >= 4 is 34.4 Å². The van der Waals surface area contributed by atoms with Crippen molar-refractivity contribution in [1.29, 1.82) is 0 Å². The maximum Gasteiger partial charge on any atom is 0.291 e. The van der Waals surface area contributed by atoms with Crippen LogP contribution in [0.3, 0.4) is 0 Å². The lowest BCUT2D eigenvalue weighted by Gasteiger charge is -2.13. The Bertz CT molecular complexity index is 1310. The topological polar surface area (TPSA) is 124 Å². The number of para-hydroxylation sites is 1. The molecular formula is C20H17ClN6O4. The van der Waals surface area contributed by atoms with Gasteiger partial charge >= 0.3 is 0 Å². The van der Waals surface area contributed by atoms with E-state index in [0.29, 0.717) is 27.8 Å². The van der Waals surface area contributed by atoms with Crippen molar-refractivity contribution in [3.05, 3.63) is 69.2 Å². The molecule has 2 aromatic carbocycles. The second-order valence-electron chi connectivity index (χ2n) is 6.41. The Morgan fingerprint density at radius 2 is 1.84 bits per heavy atom. The Kier molecular flexibility index (Phi) is 5.54. The third kappa shape index (κ3) is 3.92. The van der Waals surface area contributed by atoms with Crippen molar-refractivity contribution in [1.82, 2.24) is 25.0 Å². The first-order chi connectivity index (χ1) is 15.0. The normalized spacial score (nSPS) is 10.8. The summed E-state index contributed by atoms with van der Waals surface area (Å²) in [7, 11) is 3.08. The molecule has 1 amide bonds. The Morgan fingerprint density at radius 1 is 1.13 bits per heavy atom. The second-order valence-corrected chi connectivity index (χ2v) is 6.82. The summed E-state index contributed by atoms with van der Waals surface area (Å²) < 4.78 is 12.2. The van der Waals surface area contributed by atoms with Gasteiger partial charge in [0.1, 0.15) is 11.5 Å². The summed E-state index contributed by atoms with van der Waals surface area (Å²) >= 11 is 6.08. The van der Waals surface area contributed by atoms with Gasteiger partial charge in [0, 0.05) is 0 Å². The molecule has 0 spiro atoms. The zero-order chi connectivity index (χ0) is 22.0. The van der Waals surface area contributed by atoms with Gasteiger partial charge in [0.05, 0.1) is 37.0 Å². The van der Waals surface area contributed by atoms with E-state index in [1.165, 1.54) is 18.9 Å². The second kappa shape index (κ2) is 8.44. The molecule has 0 aliphatic heterocycles. The molecule has 31 heavy (non-hydrogen) atoms. The molecule has 0 saturated heterocycles. The molecule has 0 saturated carbocycles. The molecule has 11 heteroatoms. The summed E-state index contributed by atoms with van der Waals surface area (Å²) in [6.45, 7) is 0.158. The molecule has 2 N–H and O–H groups in total. The molecule has 158 valence electrons. The van der Waals surface area contributed by atoms with Crippen LogP contribution in [0, 0.1) is 0 Å². The summed E-state index contributed by atoms with van der Waals surface area (Å²) in [5.41, 5.74) is 0.627. The third-order valence-corrected chi connectivity index (χ3v) is 4.88. The van der Waals surface area contributed by atoms with Crippen LogP contribution in [0.15, 0.2) is 47.3 Å². The maximum absolute atomic E-state index is 12.7. The van der Waals surface area contributed by atoms with E-state index in [0.717, 1.165) is 0 Å². The molecule has 4 aromatic rings. The number of halogens is 1. The lowest BCUT2D eigenvalue weighted by atomic mass is 10.1. The minimum atomic E-state index is -0.630. The number of aromatic nitrogens is 5. The largest absolute Gasteiger partial charge is 0.496 e. The van der Waals surface area contributed by atoms with Gasteiger partial charge in [-0.1, -0.05) is 35.0 Å². The fourth-order valence-electron chi connectivity index (χ4n) is 3.06. The standard InChI is InChI=1S/C20H17ClN6O4/c1-30-14-8-5-9-15(31-2)11(14)10-27-18-16(25-26-27)19(28)24-17(23-18)20(29)22-13-7-4-3-6-12(13)21/h3-9H,10H2,1-2H3,(H,22,29)(H,23,24,28). The number of nitrogens with zero attached hydrogens (tertiary/aromatic N) is 4. The molecule has 0 aliphatic carbocycles. The van der Waals surface area contributed by atoms with Crippen LogP contribution in [0.5, 0.6) is 11.5 Å². The van der Waals surface area contributed by atoms with Gasteiger partial charge in [-0.05, 0) is 24.3 Å². The van der Waals surface area contributed by atoms with Crippen molar-refractivity contribution in [2.75, 3.05) is 19.5 Å². The number of carbonyl (C=O) groups is 1. The SMILES string of the molecule is COc1cccc(OC)c1Cn1nnc2c(=O)[nH]c(C(=O)Nc3ccccc3Cl)nc21. The zero-order valence-electron chi connectivity index (χ0n) is 16.5. The van der Waals surface area contributed by atoms with Crippen LogP contribution in [0.4, 0.5) is 5.69 Å². The Balaban J connectivity index is 1.73. The lowest BCUT2D eigenvalue weighted by Crippen LogP contribution is -2.22. The molecule has 2 aromatic heterocycles. The van der Waals surface area contributed by atoms with Gasteiger partial charge in [0.25, 0.3) is 11.5 Å². The maximum atomic E-state index is 12.7. The number of anilines is 1. The minimum absolute atomic E-state index is 0.00292. The fraction of sp³-hybridized carbons (Fsp3) is 0.150. The molecule has 0 unspecified atom stereocenters.